The second-order valence-corrected chi connectivity index (χ2v) is 7.93. The molecule has 2 rings (SSSR count). The lowest BCUT2D eigenvalue weighted by Gasteiger charge is -2.40. The van der Waals surface area contributed by atoms with Gasteiger partial charge in [0.15, 0.2) is 0 Å². The quantitative estimate of drug-likeness (QED) is 0.776. The summed E-state index contributed by atoms with van der Waals surface area (Å²) in [4.78, 5) is 31.3. The van der Waals surface area contributed by atoms with E-state index in [1.807, 2.05) is 11.8 Å². The fourth-order valence-corrected chi connectivity index (χ4v) is 3.93. The predicted molar refractivity (Wildman–Crippen MR) is 100 cm³/mol. The molecule has 2 unspecified atom stereocenters. The SMILES string of the molecule is CCC(=O)N1CCCC(C(=O)NCC(C(C)C)N2CCN(C)CC2)C1. The van der Waals surface area contributed by atoms with Gasteiger partial charge in [-0.1, -0.05) is 20.8 Å². The molecule has 144 valence electrons. The summed E-state index contributed by atoms with van der Waals surface area (Å²) in [5.74, 6) is 0.737. The number of carbonyl (C=O) groups is 2. The Balaban J connectivity index is 1.85. The number of rotatable bonds is 6. The fraction of sp³-hybridized carbons (Fsp3) is 0.895. The van der Waals surface area contributed by atoms with Crippen molar-refractivity contribution in [2.75, 3.05) is 52.9 Å². The first-order valence-electron chi connectivity index (χ1n) is 9.90. The van der Waals surface area contributed by atoms with Crippen molar-refractivity contribution in [3.05, 3.63) is 0 Å². The maximum absolute atomic E-state index is 12.6. The maximum atomic E-state index is 12.6. The van der Waals surface area contributed by atoms with Gasteiger partial charge in [-0.25, -0.2) is 0 Å². The standard InChI is InChI=1S/C19H36N4O2/c1-5-18(24)23-8-6-7-16(14-23)19(25)20-13-17(15(2)3)22-11-9-21(4)10-12-22/h15-17H,5-14H2,1-4H3,(H,20,25). The van der Waals surface area contributed by atoms with Crippen molar-refractivity contribution in [3.63, 3.8) is 0 Å². The topological polar surface area (TPSA) is 55.9 Å². The van der Waals surface area contributed by atoms with E-state index in [-0.39, 0.29) is 17.7 Å². The summed E-state index contributed by atoms with van der Waals surface area (Å²) in [6.07, 6.45) is 2.34. The summed E-state index contributed by atoms with van der Waals surface area (Å²) in [5.41, 5.74) is 0. The zero-order valence-electron chi connectivity index (χ0n) is 16.5. The lowest BCUT2D eigenvalue weighted by molar-refractivity contribution is -0.135. The van der Waals surface area contributed by atoms with Crippen LogP contribution in [0.3, 0.4) is 0 Å². The predicted octanol–water partition coefficient (Wildman–Crippen LogP) is 1.02. The minimum atomic E-state index is -0.0513. The highest BCUT2D eigenvalue weighted by molar-refractivity contribution is 5.81. The Kier molecular flexibility index (Phi) is 7.69. The van der Waals surface area contributed by atoms with E-state index in [1.54, 1.807) is 0 Å². The van der Waals surface area contributed by atoms with Gasteiger partial charge in [0.05, 0.1) is 5.92 Å². The zero-order valence-corrected chi connectivity index (χ0v) is 16.5. The molecule has 2 aliphatic rings. The number of nitrogens with one attached hydrogen (secondary N) is 1. The largest absolute Gasteiger partial charge is 0.354 e. The second-order valence-electron chi connectivity index (χ2n) is 7.93. The highest BCUT2D eigenvalue weighted by Gasteiger charge is 2.30. The summed E-state index contributed by atoms with van der Waals surface area (Å²) in [6.45, 7) is 12.8. The monoisotopic (exact) mass is 352 g/mol. The molecule has 2 saturated heterocycles. The molecule has 0 radical (unpaired) electrons. The Labute approximate surface area is 152 Å². The Hall–Kier alpha value is -1.14. The van der Waals surface area contributed by atoms with E-state index in [0.29, 0.717) is 31.5 Å². The molecule has 0 aliphatic carbocycles. The summed E-state index contributed by atoms with van der Waals surface area (Å²) in [6, 6.07) is 0.384. The highest BCUT2D eigenvalue weighted by atomic mass is 16.2. The number of nitrogens with zero attached hydrogens (tertiary/aromatic N) is 3. The zero-order chi connectivity index (χ0) is 18.4. The van der Waals surface area contributed by atoms with Crippen LogP contribution in [0, 0.1) is 11.8 Å². The lowest BCUT2D eigenvalue weighted by atomic mass is 9.96. The van der Waals surface area contributed by atoms with Crippen molar-refractivity contribution in [2.45, 2.75) is 46.1 Å². The molecule has 6 nitrogen and oxygen atoms in total. The molecule has 2 fully saturated rings. The van der Waals surface area contributed by atoms with Gasteiger partial charge in [0.25, 0.3) is 0 Å². The van der Waals surface area contributed by atoms with Gasteiger partial charge >= 0.3 is 0 Å². The summed E-state index contributed by atoms with van der Waals surface area (Å²) < 4.78 is 0. The van der Waals surface area contributed by atoms with Crippen LogP contribution < -0.4 is 5.32 Å². The number of carbonyl (C=O) groups excluding carboxylic acids is 2. The molecular weight excluding hydrogens is 316 g/mol. The third-order valence-electron chi connectivity index (χ3n) is 5.71. The molecule has 0 aromatic carbocycles. The maximum Gasteiger partial charge on any atom is 0.224 e. The van der Waals surface area contributed by atoms with Crippen LogP contribution in [-0.4, -0.2) is 85.4 Å². The smallest absolute Gasteiger partial charge is 0.224 e. The van der Waals surface area contributed by atoms with E-state index in [0.717, 1.165) is 45.6 Å². The first-order chi connectivity index (χ1) is 11.9. The van der Waals surface area contributed by atoms with Crippen molar-refractivity contribution < 1.29 is 9.59 Å². The molecule has 25 heavy (non-hydrogen) atoms. The Bertz CT molecular complexity index is 447. The number of piperazine rings is 1. The number of likely N-dealkylation sites (N-methyl/N-ethyl adjacent to an activating group) is 1. The van der Waals surface area contributed by atoms with E-state index in [4.69, 9.17) is 0 Å². The molecule has 6 heteroatoms. The number of hydrogen-bond donors (Lipinski definition) is 1. The van der Waals surface area contributed by atoms with Gasteiger partial charge in [0, 0.05) is 58.3 Å². The number of likely N-dealkylation sites (tertiary alicyclic amines) is 1. The van der Waals surface area contributed by atoms with E-state index in [9.17, 15) is 9.59 Å². The van der Waals surface area contributed by atoms with Crippen LogP contribution in [0.5, 0.6) is 0 Å². The summed E-state index contributed by atoms with van der Waals surface area (Å²) in [5, 5.41) is 3.19. The van der Waals surface area contributed by atoms with E-state index in [2.05, 4.69) is 36.0 Å². The van der Waals surface area contributed by atoms with Crippen LogP contribution in [0.1, 0.15) is 40.0 Å². The van der Waals surface area contributed by atoms with Gasteiger partial charge in [-0.05, 0) is 25.8 Å². The molecule has 0 aromatic heterocycles. The van der Waals surface area contributed by atoms with Gasteiger partial charge in [-0.15, -0.1) is 0 Å². The van der Waals surface area contributed by atoms with Crippen LogP contribution in [0.25, 0.3) is 0 Å². The normalized spacial score (nSPS) is 24.4. The van der Waals surface area contributed by atoms with Gasteiger partial charge < -0.3 is 15.1 Å². The van der Waals surface area contributed by atoms with Crippen molar-refractivity contribution in [2.24, 2.45) is 11.8 Å². The summed E-state index contributed by atoms with van der Waals surface area (Å²) >= 11 is 0. The fourth-order valence-electron chi connectivity index (χ4n) is 3.93. The lowest BCUT2D eigenvalue weighted by Crippen LogP contribution is -2.55. The molecule has 2 aliphatic heterocycles. The van der Waals surface area contributed by atoms with E-state index >= 15 is 0 Å². The third kappa shape index (κ3) is 5.68. The first-order valence-corrected chi connectivity index (χ1v) is 9.90. The average molecular weight is 353 g/mol. The third-order valence-corrected chi connectivity index (χ3v) is 5.71. The Morgan fingerprint density at radius 1 is 1.12 bits per heavy atom. The number of piperidine rings is 1. The van der Waals surface area contributed by atoms with Crippen molar-refractivity contribution in [1.29, 1.82) is 0 Å². The van der Waals surface area contributed by atoms with Crippen molar-refractivity contribution >= 4 is 11.8 Å². The highest BCUT2D eigenvalue weighted by Crippen LogP contribution is 2.18. The van der Waals surface area contributed by atoms with Crippen LogP contribution in [0.4, 0.5) is 0 Å². The average Bonchev–Trinajstić information content (AvgIpc) is 2.62. The molecule has 0 bridgehead atoms. The minimum absolute atomic E-state index is 0.0513. The van der Waals surface area contributed by atoms with Gasteiger partial charge in [0.2, 0.25) is 11.8 Å². The van der Waals surface area contributed by atoms with E-state index in [1.165, 1.54) is 0 Å². The van der Waals surface area contributed by atoms with Crippen molar-refractivity contribution in [3.8, 4) is 0 Å². The first kappa shape index (κ1) is 20.2. The molecule has 0 saturated carbocycles. The molecule has 2 atom stereocenters. The van der Waals surface area contributed by atoms with Crippen LogP contribution in [-0.2, 0) is 9.59 Å². The molecule has 0 spiro atoms. The minimum Gasteiger partial charge on any atom is -0.354 e. The van der Waals surface area contributed by atoms with Crippen LogP contribution >= 0.6 is 0 Å². The van der Waals surface area contributed by atoms with Crippen molar-refractivity contribution in [1.82, 2.24) is 20.0 Å². The molecular formula is C19H36N4O2. The van der Waals surface area contributed by atoms with Gasteiger partial charge in [-0.2, -0.15) is 0 Å². The summed E-state index contributed by atoms with van der Waals surface area (Å²) in [7, 11) is 2.16. The van der Waals surface area contributed by atoms with E-state index < -0.39 is 0 Å². The Morgan fingerprint density at radius 3 is 2.40 bits per heavy atom. The second kappa shape index (κ2) is 9.53. The van der Waals surface area contributed by atoms with Crippen LogP contribution in [0.2, 0.25) is 0 Å². The van der Waals surface area contributed by atoms with Gasteiger partial charge in [0.1, 0.15) is 0 Å². The molecule has 2 amide bonds. The number of amides is 2. The molecule has 2 heterocycles. The van der Waals surface area contributed by atoms with Crippen LogP contribution in [0.15, 0.2) is 0 Å². The molecule has 1 N–H and O–H groups in total. The molecule has 0 aromatic rings. The van der Waals surface area contributed by atoms with Gasteiger partial charge in [-0.3, -0.25) is 14.5 Å². The Morgan fingerprint density at radius 2 is 1.80 bits per heavy atom. The number of hydrogen-bond acceptors (Lipinski definition) is 4.